The van der Waals surface area contributed by atoms with Crippen molar-refractivity contribution >= 4 is 17.4 Å². The van der Waals surface area contributed by atoms with Gasteiger partial charge in [-0.05, 0) is 32.9 Å². The zero-order chi connectivity index (χ0) is 13.1. The second-order valence-electron chi connectivity index (χ2n) is 4.79. The summed E-state index contributed by atoms with van der Waals surface area (Å²) in [6.45, 7) is 5.52. The Morgan fingerprint density at radius 1 is 1.53 bits per heavy atom. The molecule has 0 spiro atoms. The minimum atomic E-state index is -0.830. The molecule has 0 aromatic heterocycles. The molecule has 0 saturated heterocycles. The molecule has 1 aromatic rings. The number of rotatable bonds is 5. The Hall–Kier alpha value is -0.900. The zero-order valence-corrected chi connectivity index (χ0v) is 11.1. The number of Topliss-reactive ketones (excluding diaryl/α,β-unsaturated/α-hetero) is 1. The van der Waals surface area contributed by atoms with Gasteiger partial charge in [-0.3, -0.25) is 4.79 Å². The molecule has 2 N–H and O–H groups in total. The van der Waals surface area contributed by atoms with Gasteiger partial charge >= 0.3 is 0 Å². The van der Waals surface area contributed by atoms with Crippen LogP contribution in [0.1, 0.15) is 31.1 Å². The highest BCUT2D eigenvalue weighted by Gasteiger charge is 2.19. The Bertz CT molecular complexity index is 399. The third-order valence-electron chi connectivity index (χ3n) is 2.34. The zero-order valence-electron chi connectivity index (χ0n) is 10.3. The molecule has 0 radical (unpaired) electrons. The van der Waals surface area contributed by atoms with Gasteiger partial charge in [-0.2, -0.15) is 0 Å². The smallest absolute Gasteiger partial charge is 0.179 e. The summed E-state index contributed by atoms with van der Waals surface area (Å²) >= 11 is 5.83. The van der Waals surface area contributed by atoms with Gasteiger partial charge in [0.05, 0.1) is 11.6 Å². The van der Waals surface area contributed by atoms with Gasteiger partial charge < -0.3 is 10.4 Å². The topological polar surface area (TPSA) is 49.3 Å². The van der Waals surface area contributed by atoms with E-state index in [2.05, 4.69) is 5.32 Å². The van der Waals surface area contributed by atoms with Crippen LogP contribution in [0.2, 0.25) is 5.02 Å². The Kier molecular flexibility index (Phi) is 4.69. The van der Waals surface area contributed by atoms with Crippen LogP contribution in [0.25, 0.3) is 0 Å². The lowest BCUT2D eigenvalue weighted by molar-refractivity contribution is 0.0734. The molecule has 1 rings (SSSR count). The van der Waals surface area contributed by atoms with Gasteiger partial charge in [0.15, 0.2) is 5.78 Å². The van der Waals surface area contributed by atoms with Gasteiger partial charge in [-0.15, -0.1) is 0 Å². The van der Waals surface area contributed by atoms with Crippen molar-refractivity contribution in [2.24, 2.45) is 0 Å². The molecule has 0 fully saturated rings. The van der Waals surface area contributed by atoms with E-state index >= 15 is 0 Å². The minimum Gasteiger partial charge on any atom is -0.389 e. The molecule has 0 saturated carbocycles. The van der Waals surface area contributed by atoms with Crippen LogP contribution in [-0.2, 0) is 0 Å². The third-order valence-corrected chi connectivity index (χ3v) is 2.58. The van der Waals surface area contributed by atoms with E-state index in [1.807, 2.05) is 0 Å². The van der Waals surface area contributed by atoms with Crippen LogP contribution in [0.15, 0.2) is 24.3 Å². The highest BCUT2D eigenvalue weighted by atomic mass is 35.5. The van der Waals surface area contributed by atoms with Crippen molar-refractivity contribution in [3.63, 3.8) is 0 Å². The van der Waals surface area contributed by atoms with Crippen LogP contribution in [-0.4, -0.2) is 29.1 Å². The number of aliphatic hydroxyl groups is 1. The first-order valence-electron chi connectivity index (χ1n) is 5.55. The van der Waals surface area contributed by atoms with E-state index in [-0.39, 0.29) is 11.8 Å². The minimum absolute atomic E-state index is 0.0308. The summed E-state index contributed by atoms with van der Waals surface area (Å²) in [6, 6.07) is 6.51. The molecular formula is C13H18ClNO2. The summed E-state index contributed by atoms with van der Waals surface area (Å²) in [5.74, 6) is -0.0308. The average molecular weight is 256 g/mol. The van der Waals surface area contributed by atoms with Crippen molar-refractivity contribution in [3.05, 3.63) is 34.9 Å². The quantitative estimate of drug-likeness (QED) is 0.794. The number of halogens is 1. The molecule has 0 bridgehead atoms. The summed E-state index contributed by atoms with van der Waals surface area (Å²) in [7, 11) is 0. The first-order valence-corrected chi connectivity index (χ1v) is 5.93. The SMILES string of the molecule is C[C@@H](NCC(C)(C)O)C(=O)c1cccc(Cl)c1. The largest absolute Gasteiger partial charge is 0.389 e. The van der Waals surface area contributed by atoms with Crippen molar-refractivity contribution in [2.75, 3.05) is 6.54 Å². The maximum absolute atomic E-state index is 12.0. The van der Waals surface area contributed by atoms with Crippen LogP contribution in [0.4, 0.5) is 0 Å². The lowest BCUT2D eigenvalue weighted by atomic mass is 10.0. The second-order valence-corrected chi connectivity index (χ2v) is 5.23. The maximum atomic E-state index is 12.0. The lowest BCUT2D eigenvalue weighted by Crippen LogP contribution is -2.42. The monoisotopic (exact) mass is 255 g/mol. The number of carbonyl (C=O) groups is 1. The Morgan fingerprint density at radius 2 is 2.18 bits per heavy atom. The molecule has 3 nitrogen and oxygen atoms in total. The number of hydrogen-bond acceptors (Lipinski definition) is 3. The Labute approximate surface area is 107 Å². The van der Waals surface area contributed by atoms with Gasteiger partial charge in [0.2, 0.25) is 0 Å². The first-order chi connectivity index (χ1) is 7.79. The molecule has 0 amide bonds. The lowest BCUT2D eigenvalue weighted by Gasteiger charge is -2.21. The van der Waals surface area contributed by atoms with Crippen molar-refractivity contribution in [1.29, 1.82) is 0 Å². The predicted molar refractivity (Wildman–Crippen MR) is 69.5 cm³/mol. The highest BCUT2D eigenvalue weighted by Crippen LogP contribution is 2.12. The van der Waals surface area contributed by atoms with Crippen LogP contribution in [0, 0.1) is 0 Å². The number of carbonyl (C=O) groups excluding carboxylic acids is 1. The fraction of sp³-hybridized carbons (Fsp3) is 0.462. The number of nitrogens with one attached hydrogen (secondary N) is 1. The molecule has 0 unspecified atom stereocenters. The molecule has 4 heteroatoms. The average Bonchev–Trinajstić information content (AvgIpc) is 2.24. The second kappa shape index (κ2) is 5.63. The van der Waals surface area contributed by atoms with Gasteiger partial charge in [-0.25, -0.2) is 0 Å². The van der Waals surface area contributed by atoms with E-state index in [9.17, 15) is 9.90 Å². The molecule has 1 atom stereocenters. The van der Waals surface area contributed by atoms with Crippen molar-refractivity contribution in [3.8, 4) is 0 Å². The van der Waals surface area contributed by atoms with E-state index < -0.39 is 5.60 Å². The fourth-order valence-corrected chi connectivity index (χ4v) is 1.58. The van der Waals surface area contributed by atoms with Crippen LogP contribution in [0.3, 0.4) is 0 Å². The first kappa shape index (κ1) is 14.2. The Morgan fingerprint density at radius 3 is 2.71 bits per heavy atom. The van der Waals surface area contributed by atoms with Crippen LogP contribution >= 0.6 is 11.6 Å². The summed E-state index contributed by atoms with van der Waals surface area (Å²) in [5, 5.41) is 13.1. The molecule has 94 valence electrons. The van der Waals surface area contributed by atoms with E-state index in [4.69, 9.17) is 11.6 Å². The van der Waals surface area contributed by atoms with Crippen molar-refractivity contribution in [1.82, 2.24) is 5.32 Å². The molecule has 1 aromatic carbocycles. The molecular weight excluding hydrogens is 238 g/mol. The van der Waals surface area contributed by atoms with E-state index in [0.717, 1.165) is 0 Å². The van der Waals surface area contributed by atoms with Crippen molar-refractivity contribution in [2.45, 2.75) is 32.4 Å². The summed E-state index contributed by atoms with van der Waals surface area (Å²) < 4.78 is 0. The fourth-order valence-electron chi connectivity index (χ4n) is 1.39. The van der Waals surface area contributed by atoms with Gasteiger partial charge in [0, 0.05) is 17.1 Å². The molecule has 17 heavy (non-hydrogen) atoms. The normalized spacial score (nSPS) is 13.5. The number of hydrogen-bond donors (Lipinski definition) is 2. The van der Waals surface area contributed by atoms with Crippen LogP contribution in [0.5, 0.6) is 0 Å². The van der Waals surface area contributed by atoms with Gasteiger partial charge in [0.25, 0.3) is 0 Å². The number of benzene rings is 1. The predicted octanol–water partition coefficient (Wildman–Crippen LogP) is 2.27. The molecule has 0 aliphatic rings. The summed E-state index contributed by atoms with van der Waals surface area (Å²) in [4.78, 5) is 12.0. The van der Waals surface area contributed by atoms with E-state index in [1.165, 1.54) is 0 Å². The maximum Gasteiger partial charge on any atom is 0.179 e. The Balaban J connectivity index is 2.64. The summed E-state index contributed by atoms with van der Waals surface area (Å²) in [5.41, 5.74) is -0.253. The van der Waals surface area contributed by atoms with E-state index in [0.29, 0.717) is 17.1 Å². The van der Waals surface area contributed by atoms with Gasteiger partial charge in [0.1, 0.15) is 0 Å². The molecule has 0 heterocycles. The van der Waals surface area contributed by atoms with Crippen LogP contribution < -0.4 is 5.32 Å². The highest BCUT2D eigenvalue weighted by molar-refractivity contribution is 6.31. The van der Waals surface area contributed by atoms with E-state index in [1.54, 1.807) is 45.0 Å². The summed E-state index contributed by atoms with van der Waals surface area (Å²) in [6.07, 6.45) is 0. The third kappa shape index (κ3) is 4.86. The van der Waals surface area contributed by atoms with Crippen molar-refractivity contribution < 1.29 is 9.90 Å². The standard InChI is InChI=1S/C13H18ClNO2/c1-9(15-8-13(2,3)17)12(16)10-5-4-6-11(14)7-10/h4-7,9,15,17H,8H2,1-3H3/t9-/m1/s1. The number of ketones is 1. The van der Waals surface area contributed by atoms with Gasteiger partial charge in [-0.1, -0.05) is 23.7 Å². The molecule has 0 aliphatic carbocycles. The molecule has 0 aliphatic heterocycles.